The molecule has 1 saturated heterocycles. The Balaban J connectivity index is 1.48. The zero-order chi connectivity index (χ0) is 21.2. The van der Waals surface area contributed by atoms with Gasteiger partial charge in [-0.3, -0.25) is 9.69 Å². The van der Waals surface area contributed by atoms with Crippen molar-refractivity contribution in [3.8, 4) is 0 Å². The molecule has 1 aliphatic carbocycles. The molecule has 4 heteroatoms. The van der Waals surface area contributed by atoms with Crippen molar-refractivity contribution >= 4 is 22.6 Å². The van der Waals surface area contributed by atoms with Crippen LogP contribution in [-0.4, -0.2) is 36.0 Å². The van der Waals surface area contributed by atoms with Crippen LogP contribution in [0.5, 0.6) is 0 Å². The molecule has 2 fully saturated rings. The molecule has 0 N–H and O–H groups in total. The van der Waals surface area contributed by atoms with E-state index in [1.165, 1.54) is 50.8 Å². The molecule has 1 amide bonds. The van der Waals surface area contributed by atoms with Crippen LogP contribution < -0.4 is 4.90 Å². The molecule has 162 valence electrons. The minimum atomic E-state index is 0.202. The van der Waals surface area contributed by atoms with Gasteiger partial charge in [-0.25, -0.2) is 0 Å². The van der Waals surface area contributed by atoms with Gasteiger partial charge in [-0.15, -0.1) is 0 Å². The number of carbonyl (C=O) groups is 1. The lowest BCUT2D eigenvalue weighted by Crippen LogP contribution is -2.55. The SMILES string of the molecule is Cc1ccccc1N(C(=O)Cc1ccc2occc2c1)[C@@H]1CCCC[C@H]1N1CCCC1. The molecule has 0 radical (unpaired) electrons. The summed E-state index contributed by atoms with van der Waals surface area (Å²) in [6.45, 7) is 4.48. The van der Waals surface area contributed by atoms with Crippen LogP contribution in [0.2, 0.25) is 0 Å². The zero-order valence-corrected chi connectivity index (χ0v) is 18.4. The Morgan fingerprint density at radius 2 is 1.84 bits per heavy atom. The Morgan fingerprint density at radius 3 is 2.68 bits per heavy atom. The number of hydrogen-bond acceptors (Lipinski definition) is 3. The average molecular weight is 417 g/mol. The highest BCUT2D eigenvalue weighted by Gasteiger charge is 2.38. The molecule has 2 aliphatic rings. The minimum Gasteiger partial charge on any atom is -0.464 e. The summed E-state index contributed by atoms with van der Waals surface area (Å²) in [4.78, 5) is 18.7. The first-order valence-corrected chi connectivity index (χ1v) is 11.8. The highest BCUT2D eigenvalue weighted by Crippen LogP contribution is 2.34. The van der Waals surface area contributed by atoms with E-state index in [1.54, 1.807) is 6.26 Å². The van der Waals surface area contributed by atoms with Gasteiger partial charge in [0.25, 0.3) is 0 Å². The number of hydrogen-bond donors (Lipinski definition) is 0. The fraction of sp³-hybridized carbons (Fsp3) is 0.444. The fourth-order valence-corrected chi connectivity index (χ4v) is 5.61. The van der Waals surface area contributed by atoms with Crippen molar-refractivity contribution in [3.05, 3.63) is 65.9 Å². The van der Waals surface area contributed by atoms with E-state index in [0.29, 0.717) is 12.5 Å². The lowest BCUT2D eigenvalue weighted by molar-refractivity contribution is -0.119. The number of nitrogens with zero attached hydrogens (tertiary/aromatic N) is 2. The van der Waals surface area contributed by atoms with Crippen LogP contribution in [0.25, 0.3) is 11.0 Å². The molecule has 5 rings (SSSR count). The summed E-state index contributed by atoms with van der Waals surface area (Å²) in [6, 6.07) is 17.2. The van der Waals surface area contributed by atoms with Crippen LogP contribution >= 0.6 is 0 Å². The number of aryl methyl sites for hydroxylation is 1. The van der Waals surface area contributed by atoms with Crippen molar-refractivity contribution in [1.82, 2.24) is 4.90 Å². The highest BCUT2D eigenvalue weighted by molar-refractivity contribution is 5.96. The topological polar surface area (TPSA) is 36.7 Å². The second-order valence-corrected chi connectivity index (χ2v) is 9.18. The maximum absolute atomic E-state index is 13.9. The van der Waals surface area contributed by atoms with Crippen LogP contribution in [0, 0.1) is 6.92 Å². The molecule has 0 bridgehead atoms. The maximum atomic E-state index is 13.9. The van der Waals surface area contributed by atoms with Gasteiger partial charge in [0.05, 0.1) is 18.7 Å². The molecule has 4 nitrogen and oxygen atoms in total. The summed E-state index contributed by atoms with van der Waals surface area (Å²) in [5.41, 5.74) is 4.17. The van der Waals surface area contributed by atoms with E-state index in [-0.39, 0.29) is 11.9 Å². The third kappa shape index (κ3) is 4.14. The molecule has 1 aliphatic heterocycles. The van der Waals surface area contributed by atoms with E-state index >= 15 is 0 Å². The molecular formula is C27H32N2O2. The Labute approximate surface area is 184 Å². The smallest absolute Gasteiger partial charge is 0.231 e. The summed E-state index contributed by atoms with van der Waals surface area (Å²) in [5.74, 6) is 0.202. The van der Waals surface area contributed by atoms with Crippen LogP contribution in [0.4, 0.5) is 5.69 Å². The first kappa shape index (κ1) is 20.3. The normalized spacial score (nSPS) is 22.1. The highest BCUT2D eigenvalue weighted by atomic mass is 16.3. The van der Waals surface area contributed by atoms with E-state index in [2.05, 4.69) is 47.1 Å². The Bertz CT molecular complexity index is 1050. The first-order chi connectivity index (χ1) is 15.2. The average Bonchev–Trinajstić information content (AvgIpc) is 3.47. The molecular weight excluding hydrogens is 384 g/mol. The Hall–Kier alpha value is -2.59. The van der Waals surface area contributed by atoms with Crippen LogP contribution in [-0.2, 0) is 11.2 Å². The van der Waals surface area contributed by atoms with Crippen molar-refractivity contribution in [2.75, 3.05) is 18.0 Å². The quantitative estimate of drug-likeness (QED) is 0.533. The van der Waals surface area contributed by atoms with Crippen LogP contribution in [0.1, 0.15) is 49.7 Å². The molecule has 0 spiro atoms. The molecule has 2 heterocycles. The van der Waals surface area contributed by atoms with Crippen LogP contribution in [0.15, 0.2) is 59.2 Å². The van der Waals surface area contributed by atoms with Crippen LogP contribution in [0.3, 0.4) is 0 Å². The van der Waals surface area contributed by atoms with E-state index in [9.17, 15) is 4.79 Å². The predicted octanol–water partition coefficient (Wildman–Crippen LogP) is 5.72. The minimum absolute atomic E-state index is 0.202. The van der Waals surface area contributed by atoms with Gasteiger partial charge in [0.2, 0.25) is 5.91 Å². The first-order valence-electron chi connectivity index (χ1n) is 11.8. The molecule has 1 aromatic heterocycles. The van der Waals surface area contributed by atoms with Gasteiger partial charge in [0.1, 0.15) is 5.58 Å². The largest absolute Gasteiger partial charge is 0.464 e. The number of carbonyl (C=O) groups excluding carboxylic acids is 1. The second-order valence-electron chi connectivity index (χ2n) is 9.18. The number of fused-ring (bicyclic) bond motifs is 1. The van der Waals surface area contributed by atoms with Crippen molar-refractivity contribution in [2.24, 2.45) is 0 Å². The van der Waals surface area contributed by atoms with Gasteiger partial charge >= 0.3 is 0 Å². The van der Waals surface area contributed by atoms with Crippen molar-refractivity contribution in [1.29, 1.82) is 0 Å². The molecule has 1 saturated carbocycles. The number of amides is 1. The third-order valence-corrected chi connectivity index (χ3v) is 7.15. The standard InChI is InChI=1S/C27H32N2O2/c1-20-8-2-3-9-23(20)29(25-11-5-4-10-24(25)28-15-6-7-16-28)27(30)19-21-12-13-26-22(18-21)14-17-31-26/h2-3,8-9,12-14,17-18,24-25H,4-7,10-11,15-16,19H2,1H3/t24-,25-/m1/s1. The number of para-hydroxylation sites is 1. The number of anilines is 1. The van der Waals surface area contributed by atoms with Gasteiger partial charge in [0, 0.05) is 17.1 Å². The maximum Gasteiger partial charge on any atom is 0.231 e. The lowest BCUT2D eigenvalue weighted by Gasteiger charge is -2.44. The molecule has 2 aromatic carbocycles. The number of rotatable bonds is 5. The fourth-order valence-electron chi connectivity index (χ4n) is 5.61. The Kier molecular flexibility index (Phi) is 5.82. The van der Waals surface area contributed by atoms with Gasteiger partial charge < -0.3 is 9.32 Å². The monoisotopic (exact) mass is 416 g/mol. The predicted molar refractivity (Wildman–Crippen MR) is 125 cm³/mol. The van der Waals surface area contributed by atoms with Gasteiger partial charge in [0.15, 0.2) is 0 Å². The molecule has 3 aromatic rings. The van der Waals surface area contributed by atoms with Gasteiger partial charge in [-0.1, -0.05) is 37.1 Å². The van der Waals surface area contributed by atoms with Gasteiger partial charge in [-0.05, 0) is 81.1 Å². The van der Waals surface area contributed by atoms with Gasteiger partial charge in [-0.2, -0.15) is 0 Å². The zero-order valence-electron chi connectivity index (χ0n) is 18.4. The summed E-state index contributed by atoms with van der Waals surface area (Å²) in [5, 5.41) is 1.06. The van der Waals surface area contributed by atoms with E-state index in [1.807, 2.05) is 18.2 Å². The van der Waals surface area contributed by atoms with E-state index in [4.69, 9.17) is 4.42 Å². The van der Waals surface area contributed by atoms with E-state index in [0.717, 1.165) is 28.6 Å². The number of benzene rings is 2. The summed E-state index contributed by atoms with van der Waals surface area (Å²) < 4.78 is 5.48. The summed E-state index contributed by atoms with van der Waals surface area (Å²) in [7, 11) is 0. The number of furan rings is 1. The van der Waals surface area contributed by atoms with Crippen molar-refractivity contribution < 1.29 is 9.21 Å². The third-order valence-electron chi connectivity index (χ3n) is 7.15. The summed E-state index contributed by atoms with van der Waals surface area (Å²) >= 11 is 0. The Morgan fingerprint density at radius 1 is 1.03 bits per heavy atom. The summed E-state index contributed by atoms with van der Waals surface area (Å²) in [6.07, 6.45) is 9.44. The number of likely N-dealkylation sites (tertiary alicyclic amines) is 1. The van der Waals surface area contributed by atoms with Crippen molar-refractivity contribution in [2.45, 2.75) is 64.0 Å². The lowest BCUT2D eigenvalue weighted by atomic mass is 9.87. The van der Waals surface area contributed by atoms with E-state index < -0.39 is 0 Å². The molecule has 31 heavy (non-hydrogen) atoms. The molecule has 2 atom stereocenters. The van der Waals surface area contributed by atoms with Crippen molar-refractivity contribution in [3.63, 3.8) is 0 Å². The molecule has 0 unspecified atom stereocenters. The second kappa shape index (κ2) is 8.88.